The first-order valence-electron chi connectivity index (χ1n) is 6.92. The van der Waals surface area contributed by atoms with Crippen LogP contribution in [0.3, 0.4) is 0 Å². The van der Waals surface area contributed by atoms with Crippen LogP contribution < -0.4 is 0 Å². The van der Waals surface area contributed by atoms with E-state index >= 15 is 0 Å². The van der Waals surface area contributed by atoms with Gasteiger partial charge in [0.1, 0.15) is 12.7 Å². The van der Waals surface area contributed by atoms with Crippen LogP contribution in [0.5, 0.6) is 0 Å². The Labute approximate surface area is 133 Å². The highest BCUT2D eigenvalue weighted by molar-refractivity contribution is 6.30. The van der Waals surface area contributed by atoms with E-state index in [1.54, 1.807) is 35.3 Å². The molecule has 0 aliphatic carbocycles. The Bertz CT molecular complexity index is 739. The van der Waals surface area contributed by atoms with Gasteiger partial charge >= 0.3 is 0 Å². The number of hydrogen-bond donors (Lipinski definition) is 0. The van der Waals surface area contributed by atoms with E-state index in [0.29, 0.717) is 17.0 Å². The molecule has 0 radical (unpaired) electrons. The average molecular weight is 312 g/mol. The van der Waals surface area contributed by atoms with Gasteiger partial charge in [-0.15, -0.1) is 0 Å². The van der Waals surface area contributed by atoms with Crippen LogP contribution in [0.1, 0.15) is 28.4 Å². The number of nitrogens with zero attached hydrogens (tertiary/aromatic N) is 3. The minimum absolute atomic E-state index is 0.0426. The van der Waals surface area contributed by atoms with Gasteiger partial charge in [-0.1, -0.05) is 41.9 Å². The third kappa shape index (κ3) is 3.23. The predicted molar refractivity (Wildman–Crippen MR) is 85.0 cm³/mol. The molecule has 0 aliphatic heterocycles. The molecule has 1 unspecified atom stereocenters. The Morgan fingerprint density at radius 3 is 2.45 bits per heavy atom. The van der Waals surface area contributed by atoms with Crippen molar-refractivity contribution in [2.75, 3.05) is 0 Å². The van der Waals surface area contributed by atoms with Crippen molar-refractivity contribution in [3.63, 3.8) is 0 Å². The Hall–Kier alpha value is -2.46. The van der Waals surface area contributed by atoms with Gasteiger partial charge in [-0.05, 0) is 29.8 Å². The number of carbonyl (C=O) groups is 1. The lowest BCUT2D eigenvalue weighted by Crippen LogP contribution is -2.16. The first-order chi connectivity index (χ1) is 10.7. The van der Waals surface area contributed by atoms with Crippen molar-refractivity contribution < 1.29 is 4.79 Å². The lowest BCUT2D eigenvalue weighted by Gasteiger charge is -2.17. The van der Waals surface area contributed by atoms with Crippen LogP contribution in [0.2, 0.25) is 5.02 Å². The first-order valence-corrected chi connectivity index (χ1v) is 7.29. The molecule has 3 aromatic rings. The summed E-state index contributed by atoms with van der Waals surface area (Å²) in [6.45, 7) is 0. The number of rotatable bonds is 5. The Morgan fingerprint density at radius 1 is 1.09 bits per heavy atom. The van der Waals surface area contributed by atoms with Gasteiger partial charge < -0.3 is 0 Å². The van der Waals surface area contributed by atoms with Crippen molar-refractivity contribution in [1.82, 2.24) is 14.8 Å². The molecule has 0 spiro atoms. The molecule has 4 nitrogen and oxygen atoms in total. The molecule has 22 heavy (non-hydrogen) atoms. The maximum absolute atomic E-state index is 12.5. The zero-order chi connectivity index (χ0) is 15.4. The minimum atomic E-state index is -0.174. The van der Waals surface area contributed by atoms with Crippen LogP contribution in [-0.2, 0) is 0 Å². The monoisotopic (exact) mass is 311 g/mol. The second-order valence-corrected chi connectivity index (χ2v) is 5.37. The van der Waals surface area contributed by atoms with Crippen molar-refractivity contribution in [2.24, 2.45) is 0 Å². The van der Waals surface area contributed by atoms with E-state index in [9.17, 15) is 4.79 Å². The summed E-state index contributed by atoms with van der Waals surface area (Å²) < 4.78 is 1.71. The van der Waals surface area contributed by atoms with Gasteiger partial charge in [-0.25, -0.2) is 9.67 Å². The van der Waals surface area contributed by atoms with Crippen LogP contribution in [0, 0.1) is 0 Å². The Balaban J connectivity index is 1.87. The summed E-state index contributed by atoms with van der Waals surface area (Å²) in [6, 6.07) is 16.6. The molecular weight excluding hydrogens is 298 g/mol. The average Bonchev–Trinajstić information content (AvgIpc) is 3.08. The molecule has 0 bridgehead atoms. The van der Waals surface area contributed by atoms with Gasteiger partial charge in [0.05, 0.1) is 6.04 Å². The quantitative estimate of drug-likeness (QED) is 0.673. The molecule has 1 atom stereocenters. The summed E-state index contributed by atoms with van der Waals surface area (Å²) in [6.07, 6.45) is 3.42. The highest BCUT2D eigenvalue weighted by atomic mass is 35.5. The first kappa shape index (κ1) is 14.5. The molecule has 1 heterocycles. The largest absolute Gasteiger partial charge is 0.294 e. The van der Waals surface area contributed by atoms with E-state index in [2.05, 4.69) is 10.1 Å². The van der Waals surface area contributed by atoms with Gasteiger partial charge in [0.25, 0.3) is 0 Å². The van der Waals surface area contributed by atoms with Gasteiger partial charge in [0, 0.05) is 17.0 Å². The molecule has 0 aliphatic rings. The fourth-order valence-corrected chi connectivity index (χ4v) is 2.47. The van der Waals surface area contributed by atoms with E-state index in [0.717, 1.165) is 5.56 Å². The molecule has 5 heteroatoms. The van der Waals surface area contributed by atoms with Crippen LogP contribution >= 0.6 is 11.6 Å². The lowest BCUT2D eigenvalue weighted by molar-refractivity contribution is 0.0967. The zero-order valence-corrected chi connectivity index (χ0v) is 12.5. The molecule has 0 amide bonds. The second-order valence-electron chi connectivity index (χ2n) is 4.94. The molecule has 3 rings (SSSR count). The highest BCUT2D eigenvalue weighted by Crippen LogP contribution is 2.23. The summed E-state index contributed by atoms with van der Waals surface area (Å²) in [7, 11) is 0. The smallest absolute Gasteiger partial charge is 0.165 e. The number of ketones is 1. The number of aromatic nitrogens is 3. The standard InChI is InChI=1S/C17H14ClN3O/c18-15-8-6-14(7-9-15)17(22)10-16(21-12-19-11-20-21)13-4-2-1-3-5-13/h1-9,11-12,16H,10H2. The topological polar surface area (TPSA) is 47.8 Å². The van der Waals surface area contributed by atoms with E-state index < -0.39 is 0 Å². The molecule has 1 aromatic heterocycles. The highest BCUT2D eigenvalue weighted by Gasteiger charge is 2.19. The second kappa shape index (κ2) is 6.54. The normalized spacial score (nSPS) is 12.0. The van der Waals surface area contributed by atoms with Crippen molar-refractivity contribution in [3.05, 3.63) is 83.4 Å². The zero-order valence-electron chi connectivity index (χ0n) is 11.8. The molecule has 0 fully saturated rings. The van der Waals surface area contributed by atoms with Crippen molar-refractivity contribution in [3.8, 4) is 0 Å². The fraction of sp³-hybridized carbons (Fsp3) is 0.118. The number of benzene rings is 2. The maximum atomic E-state index is 12.5. The molecule has 110 valence electrons. The molecule has 0 saturated heterocycles. The summed E-state index contributed by atoms with van der Waals surface area (Å²) in [4.78, 5) is 16.5. The van der Waals surface area contributed by atoms with E-state index in [1.807, 2.05) is 30.3 Å². The number of Topliss-reactive ketones (excluding diaryl/α,β-unsaturated/α-hetero) is 1. The van der Waals surface area contributed by atoms with Crippen LogP contribution in [-0.4, -0.2) is 20.5 Å². The molecule has 0 N–H and O–H groups in total. The van der Waals surface area contributed by atoms with Crippen molar-refractivity contribution in [2.45, 2.75) is 12.5 Å². The van der Waals surface area contributed by atoms with Crippen molar-refractivity contribution in [1.29, 1.82) is 0 Å². The van der Waals surface area contributed by atoms with Gasteiger partial charge in [-0.3, -0.25) is 4.79 Å². The predicted octanol–water partition coefficient (Wildman–Crippen LogP) is 3.79. The number of halogens is 1. The van der Waals surface area contributed by atoms with Gasteiger partial charge in [0.2, 0.25) is 0 Å². The maximum Gasteiger partial charge on any atom is 0.165 e. The summed E-state index contributed by atoms with van der Waals surface area (Å²) in [5.41, 5.74) is 1.67. The van der Waals surface area contributed by atoms with Crippen LogP contribution in [0.15, 0.2) is 67.3 Å². The summed E-state index contributed by atoms with van der Waals surface area (Å²) in [5, 5.41) is 4.80. The van der Waals surface area contributed by atoms with E-state index in [1.165, 1.54) is 6.33 Å². The van der Waals surface area contributed by atoms with Crippen LogP contribution in [0.4, 0.5) is 0 Å². The number of carbonyl (C=O) groups excluding carboxylic acids is 1. The van der Waals surface area contributed by atoms with Gasteiger partial charge in [0.15, 0.2) is 5.78 Å². The summed E-state index contributed by atoms with van der Waals surface area (Å²) in [5.74, 6) is 0.0426. The molecular formula is C17H14ClN3O. The van der Waals surface area contributed by atoms with E-state index in [-0.39, 0.29) is 11.8 Å². The summed E-state index contributed by atoms with van der Waals surface area (Å²) >= 11 is 5.87. The number of hydrogen-bond acceptors (Lipinski definition) is 3. The van der Waals surface area contributed by atoms with Crippen molar-refractivity contribution >= 4 is 17.4 Å². The lowest BCUT2D eigenvalue weighted by atomic mass is 9.98. The SMILES string of the molecule is O=C(CC(c1ccccc1)n1cncn1)c1ccc(Cl)cc1. The third-order valence-electron chi connectivity index (χ3n) is 3.49. The van der Waals surface area contributed by atoms with Crippen LogP contribution in [0.25, 0.3) is 0 Å². The Morgan fingerprint density at radius 2 is 1.82 bits per heavy atom. The van der Waals surface area contributed by atoms with Gasteiger partial charge in [-0.2, -0.15) is 5.10 Å². The molecule has 0 saturated carbocycles. The third-order valence-corrected chi connectivity index (χ3v) is 3.74. The fourth-order valence-electron chi connectivity index (χ4n) is 2.35. The van der Waals surface area contributed by atoms with E-state index in [4.69, 9.17) is 11.6 Å². The minimum Gasteiger partial charge on any atom is -0.294 e. The molecule has 2 aromatic carbocycles. The Kier molecular flexibility index (Phi) is 4.30.